The first-order valence-corrected chi connectivity index (χ1v) is 11.3. The molecule has 0 spiro atoms. The van der Waals surface area contributed by atoms with Gasteiger partial charge in [0.15, 0.2) is 0 Å². The van der Waals surface area contributed by atoms with Crippen LogP contribution in [0, 0.1) is 0 Å². The number of benzene rings is 3. The molecule has 0 unspecified atom stereocenters. The number of fused-ring (bicyclic) bond motifs is 11. The Morgan fingerprint density at radius 3 is 2.38 bits per heavy atom. The minimum Gasteiger partial charge on any atom is -0.309 e. The van der Waals surface area contributed by atoms with E-state index in [1.807, 2.05) is 24.5 Å². The van der Waals surface area contributed by atoms with Gasteiger partial charge in [-0.25, -0.2) is 4.98 Å². The molecule has 0 atom stereocenters. The van der Waals surface area contributed by atoms with Gasteiger partial charge in [0.2, 0.25) is 0 Å². The fraction of sp³-hybridized carbons (Fsp3) is 0. The van der Waals surface area contributed by atoms with E-state index in [4.69, 9.17) is 9.97 Å². The summed E-state index contributed by atoms with van der Waals surface area (Å²) in [6.45, 7) is 0. The van der Waals surface area contributed by atoms with Crippen LogP contribution < -0.4 is 0 Å². The smallest absolute Gasteiger partial charge is 0.146 e. The lowest BCUT2D eigenvalue weighted by atomic mass is 10.1. The predicted octanol–water partition coefficient (Wildman–Crippen LogP) is 6.68. The maximum absolute atomic E-state index is 5.03. The molecular formula is C29H17N5. The molecule has 5 heterocycles. The van der Waals surface area contributed by atoms with Crippen LogP contribution in [0.2, 0.25) is 0 Å². The molecule has 3 aromatic carbocycles. The topological polar surface area (TPSA) is 48.0 Å². The predicted molar refractivity (Wildman–Crippen MR) is 138 cm³/mol. The molecule has 0 N–H and O–H groups in total. The summed E-state index contributed by atoms with van der Waals surface area (Å²) >= 11 is 0. The number of hydrogen-bond donors (Lipinski definition) is 0. The summed E-state index contributed by atoms with van der Waals surface area (Å²) in [5.74, 6) is 0. The minimum absolute atomic E-state index is 0.928. The van der Waals surface area contributed by atoms with Crippen molar-refractivity contribution in [2.45, 2.75) is 0 Å². The number of aromatic nitrogens is 5. The fourth-order valence-electron chi connectivity index (χ4n) is 5.38. The van der Waals surface area contributed by atoms with E-state index in [0.29, 0.717) is 0 Å². The first-order chi connectivity index (χ1) is 16.9. The van der Waals surface area contributed by atoms with Gasteiger partial charge in [0.05, 0.1) is 39.3 Å². The van der Waals surface area contributed by atoms with E-state index in [0.717, 1.165) is 49.7 Å². The molecule has 158 valence electrons. The van der Waals surface area contributed by atoms with Gasteiger partial charge >= 0.3 is 0 Å². The van der Waals surface area contributed by atoms with Gasteiger partial charge < -0.3 is 4.57 Å². The summed E-state index contributed by atoms with van der Waals surface area (Å²) in [6.07, 6.45) is 5.54. The molecule has 0 bridgehead atoms. The highest BCUT2D eigenvalue weighted by Crippen LogP contribution is 2.38. The van der Waals surface area contributed by atoms with Crippen molar-refractivity contribution in [3.8, 4) is 5.69 Å². The van der Waals surface area contributed by atoms with Crippen molar-refractivity contribution in [2.75, 3.05) is 0 Å². The Balaban J connectivity index is 1.67. The molecule has 0 saturated heterocycles. The third-order valence-electron chi connectivity index (χ3n) is 6.81. The molecule has 0 aliphatic carbocycles. The Kier molecular flexibility index (Phi) is 3.34. The molecule has 0 aliphatic heterocycles. The monoisotopic (exact) mass is 435 g/mol. The number of nitrogens with zero attached hydrogens (tertiary/aromatic N) is 5. The van der Waals surface area contributed by atoms with Crippen LogP contribution in [0.3, 0.4) is 0 Å². The second-order valence-electron chi connectivity index (χ2n) is 8.61. The number of pyridine rings is 3. The molecule has 34 heavy (non-hydrogen) atoms. The van der Waals surface area contributed by atoms with Gasteiger partial charge in [-0.3, -0.25) is 14.4 Å². The zero-order valence-corrected chi connectivity index (χ0v) is 18.1. The Bertz CT molecular complexity index is 2070. The van der Waals surface area contributed by atoms with Crippen LogP contribution in [0.5, 0.6) is 0 Å². The molecule has 5 aromatic heterocycles. The van der Waals surface area contributed by atoms with Crippen LogP contribution in [-0.2, 0) is 0 Å². The lowest BCUT2D eigenvalue weighted by Crippen LogP contribution is -1.95. The van der Waals surface area contributed by atoms with Crippen molar-refractivity contribution in [3.63, 3.8) is 0 Å². The normalized spacial score (nSPS) is 12.1. The number of hydrogen-bond acceptors (Lipinski definition) is 3. The highest BCUT2D eigenvalue weighted by atomic mass is 15.0. The summed E-state index contributed by atoms with van der Waals surface area (Å²) in [5.41, 5.74) is 8.32. The average molecular weight is 435 g/mol. The molecule has 0 saturated carbocycles. The maximum Gasteiger partial charge on any atom is 0.146 e. The van der Waals surface area contributed by atoms with Gasteiger partial charge in [0, 0.05) is 39.6 Å². The van der Waals surface area contributed by atoms with Crippen molar-refractivity contribution in [3.05, 3.63) is 104 Å². The second kappa shape index (κ2) is 6.39. The maximum atomic E-state index is 5.03. The molecular weight excluding hydrogens is 418 g/mol. The Labute approximate surface area is 193 Å². The standard InChI is InChI=1S/C29H17N5/c1-2-7-18(8-3-1)33-24-10-5-4-9-19(24)20-15-22-21(16-26(20)33)28-25(11-6-13-31-28)34-27-17-30-14-12-23(27)32-29(22)34/h1-17H. The SMILES string of the molecule is c1ccc(-n2c3ccccc3c3cc4c(cc32)c2ncccc2n2c3cnccc3nc42)cc1. The Morgan fingerprint density at radius 2 is 1.44 bits per heavy atom. The van der Waals surface area contributed by atoms with Crippen LogP contribution in [-0.4, -0.2) is 23.9 Å². The van der Waals surface area contributed by atoms with E-state index >= 15 is 0 Å². The first kappa shape index (κ1) is 17.7. The zero-order chi connectivity index (χ0) is 22.2. The number of rotatable bonds is 1. The number of para-hydroxylation sites is 2. The van der Waals surface area contributed by atoms with Crippen molar-refractivity contribution in [2.24, 2.45) is 0 Å². The third kappa shape index (κ3) is 2.20. The van der Waals surface area contributed by atoms with Crippen LogP contribution in [0.25, 0.3) is 66.0 Å². The van der Waals surface area contributed by atoms with Gasteiger partial charge in [-0.15, -0.1) is 0 Å². The van der Waals surface area contributed by atoms with Crippen LogP contribution in [0.1, 0.15) is 0 Å². The average Bonchev–Trinajstić information content (AvgIpc) is 3.44. The molecule has 5 nitrogen and oxygen atoms in total. The van der Waals surface area contributed by atoms with E-state index in [-0.39, 0.29) is 0 Å². The summed E-state index contributed by atoms with van der Waals surface area (Å²) < 4.78 is 4.53. The fourth-order valence-corrected chi connectivity index (χ4v) is 5.38. The largest absolute Gasteiger partial charge is 0.309 e. The molecule has 8 rings (SSSR count). The van der Waals surface area contributed by atoms with E-state index in [1.165, 1.54) is 16.3 Å². The number of imidazole rings is 1. The molecule has 8 aromatic rings. The first-order valence-electron chi connectivity index (χ1n) is 11.3. The van der Waals surface area contributed by atoms with Crippen molar-refractivity contribution >= 4 is 60.3 Å². The molecule has 0 fully saturated rings. The third-order valence-corrected chi connectivity index (χ3v) is 6.81. The summed E-state index contributed by atoms with van der Waals surface area (Å²) in [4.78, 5) is 14.2. The summed E-state index contributed by atoms with van der Waals surface area (Å²) in [6, 6.07) is 29.8. The van der Waals surface area contributed by atoms with E-state index < -0.39 is 0 Å². The Morgan fingerprint density at radius 1 is 0.588 bits per heavy atom. The van der Waals surface area contributed by atoms with E-state index in [1.54, 1.807) is 6.20 Å². The highest BCUT2D eigenvalue weighted by Gasteiger charge is 2.18. The van der Waals surface area contributed by atoms with Crippen LogP contribution >= 0.6 is 0 Å². The van der Waals surface area contributed by atoms with Gasteiger partial charge in [-0.1, -0.05) is 36.4 Å². The Hall–Kier alpha value is -4.77. The van der Waals surface area contributed by atoms with E-state index in [2.05, 4.69) is 86.7 Å². The van der Waals surface area contributed by atoms with Crippen molar-refractivity contribution in [1.29, 1.82) is 0 Å². The van der Waals surface area contributed by atoms with Gasteiger partial charge in [0.25, 0.3) is 0 Å². The summed E-state index contributed by atoms with van der Waals surface area (Å²) in [7, 11) is 0. The lowest BCUT2D eigenvalue weighted by Gasteiger charge is -2.10. The quantitative estimate of drug-likeness (QED) is 0.270. The van der Waals surface area contributed by atoms with Crippen molar-refractivity contribution < 1.29 is 0 Å². The lowest BCUT2D eigenvalue weighted by molar-refractivity contribution is 1.18. The summed E-state index contributed by atoms with van der Waals surface area (Å²) in [5, 5.41) is 4.61. The molecule has 5 heteroatoms. The van der Waals surface area contributed by atoms with Crippen LogP contribution in [0.15, 0.2) is 104 Å². The van der Waals surface area contributed by atoms with Gasteiger partial charge in [-0.05, 0) is 48.5 Å². The second-order valence-corrected chi connectivity index (χ2v) is 8.61. The van der Waals surface area contributed by atoms with Gasteiger partial charge in [-0.2, -0.15) is 0 Å². The minimum atomic E-state index is 0.928. The van der Waals surface area contributed by atoms with Crippen molar-refractivity contribution in [1.82, 2.24) is 23.9 Å². The highest BCUT2D eigenvalue weighted by molar-refractivity contribution is 6.20. The van der Waals surface area contributed by atoms with E-state index in [9.17, 15) is 0 Å². The molecule has 0 aliphatic rings. The zero-order valence-electron chi connectivity index (χ0n) is 18.1. The molecule has 0 amide bonds. The van der Waals surface area contributed by atoms with Crippen LogP contribution in [0.4, 0.5) is 0 Å². The molecule has 0 radical (unpaired) electrons. The van der Waals surface area contributed by atoms with Gasteiger partial charge in [0.1, 0.15) is 5.65 Å².